The summed E-state index contributed by atoms with van der Waals surface area (Å²) in [6.45, 7) is 3.29. The second kappa shape index (κ2) is 6.98. The van der Waals surface area contributed by atoms with Gasteiger partial charge >= 0.3 is 0 Å². The molecule has 0 radical (unpaired) electrons. The predicted molar refractivity (Wildman–Crippen MR) is 98.5 cm³/mol. The molecule has 1 aromatic carbocycles. The molecule has 0 spiro atoms. The summed E-state index contributed by atoms with van der Waals surface area (Å²) in [5, 5.41) is 0. The lowest BCUT2D eigenvalue weighted by Gasteiger charge is -2.32. The van der Waals surface area contributed by atoms with Crippen molar-refractivity contribution in [2.45, 2.75) is 25.9 Å². The van der Waals surface area contributed by atoms with Crippen LogP contribution in [0, 0.1) is 6.92 Å². The Hall–Kier alpha value is -2.96. The third kappa shape index (κ3) is 3.49. The highest BCUT2D eigenvalue weighted by Crippen LogP contribution is 2.33. The average Bonchev–Trinajstić information content (AvgIpc) is 3.14. The van der Waals surface area contributed by atoms with Gasteiger partial charge in [-0.25, -0.2) is 0 Å². The van der Waals surface area contributed by atoms with Gasteiger partial charge in [0.1, 0.15) is 11.9 Å². The summed E-state index contributed by atoms with van der Waals surface area (Å²) in [5.41, 5.74) is 1.37. The number of nitrogens with zero attached hydrogens (tertiary/aromatic N) is 2. The molecule has 27 heavy (non-hydrogen) atoms. The van der Waals surface area contributed by atoms with Crippen LogP contribution in [0.25, 0.3) is 0 Å². The molecule has 1 amide bonds. The Balaban J connectivity index is 1.37. The van der Waals surface area contributed by atoms with Gasteiger partial charge in [0.05, 0.1) is 0 Å². The highest BCUT2D eigenvalue weighted by atomic mass is 16.7. The number of likely N-dealkylation sites (tertiary alicyclic amines) is 1. The quantitative estimate of drug-likeness (QED) is 0.828. The zero-order valence-corrected chi connectivity index (χ0v) is 15.4. The molecule has 142 valence electrons. The van der Waals surface area contributed by atoms with Crippen LogP contribution in [-0.2, 0) is 7.05 Å². The van der Waals surface area contributed by atoms with Crippen molar-refractivity contribution in [3.05, 3.63) is 51.9 Å². The lowest BCUT2D eigenvalue weighted by atomic mass is 10.1. The Morgan fingerprint density at radius 2 is 1.85 bits per heavy atom. The fourth-order valence-electron chi connectivity index (χ4n) is 3.39. The molecule has 7 heteroatoms. The van der Waals surface area contributed by atoms with E-state index in [0.29, 0.717) is 35.9 Å². The van der Waals surface area contributed by atoms with Crippen molar-refractivity contribution < 1.29 is 19.0 Å². The first-order valence-electron chi connectivity index (χ1n) is 9.04. The molecule has 0 aliphatic carbocycles. The zero-order chi connectivity index (χ0) is 19.0. The third-order valence-corrected chi connectivity index (χ3v) is 5.13. The summed E-state index contributed by atoms with van der Waals surface area (Å²) < 4.78 is 18.2. The van der Waals surface area contributed by atoms with Crippen molar-refractivity contribution in [3.8, 4) is 17.2 Å². The van der Waals surface area contributed by atoms with E-state index < -0.39 is 0 Å². The van der Waals surface area contributed by atoms with Gasteiger partial charge in [0.15, 0.2) is 11.5 Å². The molecule has 0 unspecified atom stereocenters. The van der Waals surface area contributed by atoms with Crippen LogP contribution < -0.4 is 19.8 Å². The van der Waals surface area contributed by atoms with Crippen LogP contribution in [0.1, 0.15) is 28.9 Å². The van der Waals surface area contributed by atoms with Gasteiger partial charge in [-0.05, 0) is 31.2 Å². The topological polar surface area (TPSA) is 70.0 Å². The van der Waals surface area contributed by atoms with Crippen LogP contribution in [0.4, 0.5) is 0 Å². The Morgan fingerprint density at radius 3 is 2.59 bits per heavy atom. The van der Waals surface area contributed by atoms with Gasteiger partial charge in [-0.2, -0.15) is 0 Å². The van der Waals surface area contributed by atoms with Gasteiger partial charge in [0, 0.05) is 50.3 Å². The second-order valence-corrected chi connectivity index (χ2v) is 6.91. The summed E-state index contributed by atoms with van der Waals surface area (Å²) in [5.74, 6) is 1.86. The monoisotopic (exact) mass is 370 g/mol. The number of aromatic nitrogens is 1. The molecule has 7 nitrogen and oxygen atoms in total. The minimum Gasteiger partial charge on any atom is -0.490 e. The second-order valence-electron chi connectivity index (χ2n) is 6.91. The van der Waals surface area contributed by atoms with Gasteiger partial charge in [-0.1, -0.05) is 0 Å². The molecule has 2 aliphatic heterocycles. The predicted octanol–water partition coefficient (Wildman–Crippen LogP) is 2.11. The number of carbonyl (C=O) groups excluding carboxylic acids is 1. The first-order valence-corrected chi connectivity index (χ1v) is 9.04. The van der Waals surface area contributed by atoms with Crippen LogP contribution in [-0.4, -0.2) is 41.4 Å². The minimum atomic E-state index is -0.0829. The molecule has 4 rings (SSSR count). The first kappa shape index (κ1) is 17.5. The van der Waals surface area contributed by atoms with E-state index in [-0.39, 0.29) is 24.4 Å². The molecule has 1 saturated heterocycles. The molecule has 0 N–H and O–H groups in total. The summed E-state index contributed by atoms with van der Waals surface area (Å²) in [6, 6.07) is 8.64. The van der Waals surface area contributed by atoms with E-state index in [2.05, 4.69) is 0 Å². The maximum Gasteiger partial charge on any atom is 0.254 e. The highest BCUT2D eigenvalue weighted by molar-refractivity contribution is 5.95. The fourth-order valence-corrected chi connectivity index (χ4v) is 3.39. The van der Waals surface area contributed by atoms with Crippen molar-refractivity contribution >= 4 is 5.91 Å². The van der Waals surface area contributed by atoms with Crippen LogP contribution in [0.2, 0.25) is 0 Å². The molecule has 3 heterocycles. The van der Waals surface area contributed by atoms with Crippen LogP contribution in [0.5, 0.6) is 17.2 Å². The number of pyridine rings is 1. The number of amides is 1. The number of benzene rings is 1. The number of piperidine rings is 1. The number of fused-ring (bicyclic) bond motifs is 1. The van der Waals surface area contributed by atoms with Gasteiger partial charge in [-0.15, -0.1) is 0 Å². The smallest absolute Gasteiger partial charge is 0.254 e. The summed E-state index contributed by atoms with van der Waals surface area (Å²) >= 11 is 0. The number of hydrogen-bond acceptors (Lipinski definition) is 5. The molecule has 1 fully saturated rings. The number of hydrogen-bond donors (Lipinski definition) is 0. The van der Waals surface area contributed by atoms with E-state index in [1.54, 1.807) is 29.8 Å². The molecule has 0 bridgehead atoms. The standard InChI is InChI=1S/C20H22N2O5/c1-13-9-16(11-19(23)21(13)2)27-15-5-7-22(8-6-15)20(24)14-3-4-17-18(10-14)26-12-25-17/h3-4,9-11,15H,5-8,12H2,1-2H3. The lowest BCUT2D eigenvalue weighted by Crippen LogP contribution is -2.41. The van der Waals surface area contributed by atoms with Gasteiger partial charge in [0.2, 0.25) is 6.79 Å². The summed E-state index contributed by atoms with van der Waals surface area (Å²) in [7, 11) is 1.74. The van der Waals surface area contributed by atoms with E-state index in [0.717, 1.165) is 18.5 Å². The van der Waals surface area contributed by atoms with E-state index >= 15 is 0 Å². The SMILES string of the molecule is Cc1cc(OC2CCN(C(=O)c3ccc4c(c3)OCO4)CC2)cc(=O)n1C. The number of aryl methyl sites for hydroxylation is 1. The Kier molecular flexibility index (Phi) is 4.51. The molecular formula is C20H22N2O5. The summed E-state index contributed by atoms with van der Waals surface area (Å²) in [4.78, 5) is 26.5. The molecule has 1 aromatic heterocycles. The fraction of sp³-hybridized carbons (Fsp3) is 0.400. The van der Waals surface area contributed by atoms with Crippen molar-refractivity contribution in [3.63, 3.8) is 0 Å². The number of rotatable bonds is 3. The van der Waals surface area contributed by atoms with E-state index in [1.165, 1.54) is 6.07 Å². The van der Waals surface area contributed by atoms with Crippen LogP contribution >= 0.6 is 0 Å². The summed E-state index contributed by atoms with van der Waals surface area (Å²) in [6.07, 6.45) is 1.45. The Morgan fingerprint density at radius 1 is 1.11 bits per heavy atom. The third-order valence-electron chi connectivity index (χ3n) is 5.13. The lowest BCUT2D eigenvalue weighted by molar-refractivity contribution is 0.0594. The van der Waals surface area contributed by atoms with E-state index in [1.807, 2.05) is 17.9 Å². The Labute approximate surface area is 157 Å². The van der Waals surface area contributed by atoms with Crippen molar-refractivity contribution in [1.29, 1.82) is 0 Å². The number of ether oxygens (including phenoxy) is 3. The van der Waals surface area contributed by atoms with Crippen molar-refractivity contribution in [2.75, 3.05) is 19.9 Å². The largest absolute Gasteiger partial charge is 0.490 e. The zero-order valence-electron chi connectivity index (χ0n) is 15.4. The number of carbonyl (C=O) groups is 1. The normalized spacial score (nSPS) is 16.4. The van der Waals surface area contributed by atoms with Gasteiger partial charge in [-0.3, -0.25) is 9.59 Å². The molecule has 0 saturated carbocycles. The maximum absolute atomic E-state index is 12.7. The Bertz CT molecular complexity index is 928. The van der Waals surface area contributed by atoms with Crippen molar-refractivity contribution in [2.24, 2.45) is 7.05 Å². The maximum atomic E-state index is 12.7. The van der Waals surface area contributed by atoms with E-state index in [4.69, 9.17) is 14.2 Å². The van der Waals surface area contributed by atoms with Gasteiger partial charge < -0.3 is 23.7 Å². The van der Waals surface area contributed by atoms with Crippen LogP contribution in [0.15, 0.2) is 35.1 Å². The van der Waals surface area contributed by atoms with Crippen LogP contribution in [0.3, 0.4) is 0 Å². The average molecular weight is 370 g/mol. The molecular weight excluding hydrogens is 348 g/mol. The molecule has 2 aliphatic rings. The molecule has 2 aromatic rings. The van der Waals surface area contributed by atoms with Gasteiger partial charge in [0.25, 0.3) is 11.5 Å². The first-order chi connectivity index (χ1) is 13.0. The highest BCUT2D eigenvalue weighted by Gasteiger charge is 2.26. The minimum absolute atomic E-state index is 0.00249. The molecule has 0 atom stereocenters. The van der Waals surface area contributed by atoms with E-state index in [9.17, 15) is 9.59 Å². The van der Waals surface area contributed by atoms with Crippen molar-refractivity contribution in [1.82, 2.24) is 9.47 Å².